The number of rotatable bonds is 4. The van der Waals surface area contributed by atoms with Crippen molar-refractivity contribution in [1.29, 1.82) is 0 Å². The maximum atomic E-state index is 11.9. The average molecular weight is 248 g/mol. The molecular formula is C12H16N4O2. The molecule has 0 saturated carbocycles. The summed E-state index contributed by atoms with van der Waals surface area (Å²) < 4.78 is 0. The van der Waals surface area contributed by atoms with Crippen LogP contribution in [-0.2, 0) is 0 Å². The molecule has 1 heterocycles. The van der Waals surface area contributed by atoms with Gasteiger partial charge in [-0.15, -0.1) is 0 Å². The molecule has 18 heavy (non-hydrogen) atoms. The molecule has 0 bridgehead atoms. The average Bonchev–Trinajstić information content (AvgIpc) is 2.26. The number of amides is 3. The SMILES string of the molecule is NC(=O)Nc1cccc(C(=O)NCC2CNC2)c1. The first kappa shape index (κ1) is 12.4. The van der Waals surface area contributed by atoms with Gasteiger partial charge in [0.15, 0.2) is 0 Å². The third kappa shape index (κ3) is 3.21. The molecule has 1 aromatic carbocycles. The van der Waals surface area contributed by atoms with Crippen molar-refractivity contribution in [2.24, 2.45) is 11.7 Å². The summed E-state index contributed by atoms with van der Waals surface area (Å²) >= 11 is 0. The Labute approximate surface area is 105 Å². The Morgan fingerprint density at radius 2 is 2.17 bits per heavy atom. The molecule has 6 heteroatoms. The van der Waals surface area contributed by atoms with Gasteiger partial charge in [-0.05, 0) is 18.2 Å². The normalized spacial score (nSPS) is 14.7. The van der Waals surface area contributed by atoms with Gasteiger partial charge in [-0.3, -0.25) is 4.79 Å². The number of benzene rings is 1. The molecule has 2 rings (SSSR count). The molecule has 1 aromatic rings. The zero-order valence-electron chi connectivity index (χ0n) is 9.90. The van der Waals surface area contributed by atoms with Gasteiger partial charge >= 0.3 is 6.03 Å². The monoisotopic (exact) mass is 248 g/mol. The number of hydrogen-bond acceptors (Lipinski definition) is 3. The minimum atomic E-state index is -0.645. The Morgan fingerprint density at radius 3 is 2.78 bits per heavy atom. The van der Waals surface area contributed by atoms with Crippen molar-refractivity contribution in [2.45, 2.75) is 0 Å². The van der Waals surface area contributed by atoms with E-state index < -0.39 is 6.03 Å². The van der Waals surface area contributed by atoms with E-state index in [1.165, 1.54) is 0 Å². The predicted octanol–water partition coefficient (Wildman–Crippen LogP) is 0.126. The molecule has 1 aliphatic rings. The molecule has 6 nitrogen and oxygen atoms in total. The van der Waals surface area contributed by atoms with Gasteiger partial charge in [-0.25, -0.2) is 4.79 Å². The first-order valence-electron chi connectivity index (χ1n) is 5.80. The van der Waals surface area contributed by atoms with Gasteiger partial charge in [0.05, 0.1) is 0 Å². The Balaban J connectivity index is 1.93. The van der Waals surface area contributed by atoms with Gasteiger partial charge in [0.1, 0.15) is 0 Å². The zero-order valence-corrected chi connectivity index (χ0v) is 9.90. The van der Waals surface area contributed by atoms with Crippen molar-refractivity contribution in [2.75, 3.05) is 25.0 Å². The van der Waals surface area contributed by atoms with Crippen LogP contribution in [0.1, 0.15) is 10.4 Å². The van der Waals surface area contributed by atoms with E-state index >= 15 is 0 Å². The summed E-state index contributed by atoms with van der Waals surface area (Å²) in [6, 6.07) is 6.02. The minimum absolute atomic E-state index is 0.143. The molecular weight excluding hydrogens is 232 g/mol. The highest BCUT2D eigenvalue weighted by atomic mass is 16.2. The molecule has 3 amide bonds. The van der Waals surface area contributed by atoms with E-state index in [0.29, 0.717) is 23.7 Å². The summed E-state index contributed by atoms with van der Waals surface area (Å²) in [6.45, 7) is 2.56. The van der Waals surface area contributed by atoms with Gasteiger partial charge in [-0.2, -0.15) is 0 Å². The van der Waals surface area contributed by atoms with Crippen molar-refractivity contribution >= 4 is 17.6 Å². The van der Waals surface area contributed by atoms with E-state index in [2.05, 4.69) is 16.0 Å². The number of nitrogens with two attached hydrogens (primary N) is 1. The second-order valence-corrected chi connectivity index (χ2v) is 4.30. The lowest BCUT2D eigenvalue weighted by atomic mass is 10.0. The van der Waals surface area contributed by atoms with Crippen LogP contribution in [0.3, 0.4) is 0 Å². The maximum absolute atomic E-state index is 11.9. The van der Waals surface area contributed by atoms with E-state index in [0.717, 1.165) is 13.1 Å². The number of nitrogens with one attached hydrogen (secondary N) is 3. The predicted molar refractivity (Wildman–Crippen MR) is 68.3 cm³/mol. The Hall–Kier alpha value is -2.08. The highest BCUT2D eigenvalue weighted by Crippen LogP contribution is 2.10. The standard InChI is InChI=1S/C12H16N4O2/c13-12(18)16-10-3-1-2-9(4-10)11(17)15-7-8-5-14-6-8/h1-4,8,14H,5-7H2,(H,15,17)(H3,13,16,18). The van der Waals surface area contributed by atoms with Gasteiger partial charge in [0.2, 0.25) is 0 Å². The molecule has 0 spiro atoms. The molecule has 0 radical (unpaired) electrons. The second-order valence-electron chi connectivity index (χ2n) is 4.30. The van der Waals surface area contributed by atoms with Gasteiger partial charge in [0, 0.05) is 36.8 Å². The Morgan fingerprint density at radius 1 is 1.39 bits per heavy atom. The molecule has 5 N–H and O–H groups in total. The van der Waals surface area contributed by atoms with Crippen LogP contribution < -0.4 is 21.7 Å². The van der Waals surface area contributed by atoms with Crippen molar-refractivity contribution < 1.29 is 9.59 Å². The fraction of sp³-hybridized carbons (Fsp3) is 0.333. The summed E-state index contributed by atoms with van der Waals surface area (Å²) in [7, 11) is 0. The van der Waals surface area contributed by atoms with Crippen LogP contribution >= 0.6 is 0 Å². The Bertz CT molecular complexity index is 457. The highest BCUT2D eigenvalue weighted by molar-refractivity contribution is 5.96. The fourth-order valence-electron chi connectivity index (χ4n) is 1.71. The van der Waals surface area contributed by atoms with E-state index in [1.807, 2.05) is 0 Å². The minimum Gasteiger partial charge on any atom is -0.352 e. The zero-order chi connectivity index (χ0) is 13.0. The van der Waals surface area contributed by atoms with Crippen LogP contribution in [0.2, 0.25) is 0 Å². The highest BCUT2D eigenvalue weighted by Gasteiger charge is 2.17. The van der Waals surface area contributed by atoms with E-state index in [9.17, 15) is 9.59 Å². The van der Waals surface area contributed by atoms with Gasteiger partial charge in [0.25, 0.3) is 5.91 Å². The van der Waals surface area contributed by atoms with Crippen LogP contribution in [-0.4, -0.2) is 31.6 Å². The molecule has 1 aliphatic heterocycles. The van der Waals surface area contributed by atoms with Gasteiger partial charge in [-0.1, -0.05) is 6.07 Å². The number of carbonyl (C=O) groups excluding carboxylic acids is 2. The number of anilines is 1. The van der Waals surface area contributed by atoms with Crippen molar-refractivity contribution in [1.82, 2.24) is 10.6 Å². The first-order chi connectivity index (χ1) is 8.65. The Kier molecular flexibility index (Phi) is 3.78. The summed E-state index contributed by atoms with van der Waals surface area (Å²) in [4.78, 5) is 22.6. The molecule has 0 atom stereocenters. The molecule has 1 fully saturated rings. The van der Waals surface area contributed by atoms with Crippen LogP contribution in [0, 0.1) is 5.92 Å². The molecule has 96 valence electrons. The number of primary amides is 1. The summed E-state index contributed by atoms with van der Waals surface area (Å²) in [5.41, 5.74) is 6.04. The van der Waals surface area contributed by atoms with Crippen LogP contribution in [0.15, 0.2) is 24.3 Å². The lowest BCUT2D eigenvalue weighted by Gasteiger charge is -2.27. The topological polar surface area (TPSA) is 96.2 Å². The summed E-state index contributed by atoms with van der Waals surface area (Å²) in [6.07, 6.45) is 0. The maximum Gasteiger partial charge on any atom is 0.316 e. The van der Waals surface area contributed by atoms with Crippen molar-refractivity contribution in [3.8, 4) is 0 Å². The number of hydrogen-bond donors (Lipinski definition) is 4. The molecule has 0 unspecified atom stereocenters. The number of urea groups is 1. The van der Waals surface area contributed by atoms with E-state index in [-0.39, 0.29) is 5.91 Å². The first-order valence-corrected chi connectivity index (χ1v) is 5.80. The molecule has 0 aromatic heterocycles. The fourth-order valence-corrected chi connectivity index (χ4v) is 1.71. The van der Waals surface area contributed by atoms with Crippen LogP contribution in [0.4, 0.5) is 10.5 Å². The van der Waals surface area contributed by atoms with E-state index in [4.69, 9.17) is 5.73 Å². The van der Waals surface area contributed by atoms with Crippen molar-refractivity contribution in [3.63, 3.8) is 0 Å². The van der Waals surface area contributed by atoms with Gasteiger partial charge < -0.3 is 21.7 Å². The molecule has 0 aliphatic carbocycles. The largest absolute Gasteiger partial charge is 0.352 e. The summed E-state index contributed by atoms with van der Waals surface area (Å²) in [5, 5.41) is 8.44. The quantitative estimate of drug-likeness (QED) is 0.609. The van der Waals surface area contributed by atoms with Crippen LogP contribution in [0.25, 0.3) is 0 Å². The van der Waals surface area contributed by atoms with Crippen molar-refractivity contribution in [3.05, 3.63) is 29.8 Å². The smallest absolute Gasteiger partial charge is 0.316 e. The third-order valence-electron chi connectivity index (χ3n) is 2.81. The second kappa shape index (κ2) is 5.50. The van der Waals surface area contributed by atoms with E-state index in [1.54, 1.807) is 24.3 Å². The summed E-state index contributed by atoms with van der Waals surface area (Å²) in [5.74, 6) is 0.371. The number of carbonyl (C=O) groups is 2. The molecule has 1 saturated heterocycles. The lowest BCUT2D eigenvalue weighted by molar-refractivity contribution is 0.0942. The third-order valence-corrected chi connectivity index (χ3v) is 2.81. The van der Waals surface area contributed by atoms with Crippen LogP contribution in [0.5, 0.6) is 0 Å². The lowest BCUT2D eigenvalue weighted by Crippen LogP contribution is -2.48.